The van der Waals surface area contributed by atoms with Crippen molar-refractivity contribution in [2.75, 3.05) is 16.4 Å². The number of pyridine rings is 1. The van der Waals surface area contributed by atoms with E-state index in [2.05, 4.69) is 15.6 Å². The van der Waals surface area contributed by atoms with Gasteiger partial charge >= 0.3 is 0 Å². The van der Waals surface area contributed by atoms with Gasteiger partial charge in [0.05, 0.1) is 0 Å². The van der Waals surface area contributed by atoms with E-state index >= 15 is 0 Å². The monoisotopic (exact) mass is 391 g/mol. The van der Waals surface area contributed by atoms with Crippen molar-refractivity contribution in [1.82, 2.24) is 4.98 Å². The standard InChI is InChI=1S/C22H21N3O2S/c1-16(15-28-19-10-3-2-4-11-19)21(26)24-18-9-7-8-17(14-18)22(27)25-20-12-5-6-13-23-20/h2-14,16H,15H2,1H3,(H,24,26)(H,23,25,27). The van der Waals surface area contributed by atoms with E-state index in [1.807, 2.05) is 37.3 Å². The Bertz CT molecular complexity index is 933. The molecule has 5 nitrogen and oxygen atoms in total. The molecule has 6 heteroatoms. The molecule has 0 aliphatic heterocycles. The third-order valence-corrected chi connectivity index (χ3v) is 5.26. The van der Waals surface area contributed by atoms with E-state index in [0.717, 1.165) is 4.90 Å². The zero-order valence-corrected chi connectivity index (χ0v) is 16.3. The van der Waals surface area contributed by atoms with Crippen LogP contribution in [0.1, 0.15) is 17.3 Å². The maximum absolute atomic E-state index is 12.5. The summed E-state index contributed by atoms with van der Waals surface area (Å²) in [7, 11) is 0. The van der Waals surface area contributed by atoms with Gasteiger partial charge in [-0.15, -0.1) is 11.8 Å². The fourth-order valence-corrected chi connectivity index (χ4v) is 3.39. The van der Waals surface area contributed by atoms with Gasteiger partial charge in [-0.05, 0) is 42.5 Å². The highest BCUT2D eigenvalue weighted by atomic mass is 32.2. The molecule has 3 aromatic rings. The van der Waals surface area contributed by atoms with Crippen LogP contribution in [-0.2, 0) is 4.79 Å². The molecule has 0 saturated carbocycles. The van der Waals surface area contributed by atoms with Crippen LogP contribution in [0, 0.1) is 5.92 Å². The Hall–Kier alpha value is -3.12. The van der Waals surface area contributed by atoms with Gasteiger partial charge in [0.15, 0.2) is 0 Å². The highest BCUT2D eigenvalue weighted by molar-refractivity contribution is 7.99. The van der Waals surface area contributed by atoms with E-state index in [0.29, 0.717) is 22.8 Å². The van der Waals surface area contributed by atoms with Crippen molar-refractivity contribution in [2.45, 2.75) is 11.8 Å². The molecule has 0 aliphatic carbocycles. The SMILES string of the molecule is CC(CSc1ccccc1)C(=O)Nc1cccc(C(=O)Nc2ccccn2)c1. The first kappa shape index (κ1) is 19.6. The zero-order valence-electron chi connectivity index (χ0n) is 15.5. The number of amides is 2. The van der Waals surface area contributed by atoms with Gasteiger partial charge in [0.25, 0.3) is 5.91 Å². The molecule has 2 N–H and O–H groups in total. The number of aromatic nitrogens is 1. The van der Waals surface area contributed by atoms with Crippen LogP contribution < -0.4 is 10.6 Å². The minimum Gasteiger partial charge on any atom is -0.326 e. The molecule has 0 radical (unpaired) electrons. The Morgan fingerprint density at radius 3 is 2.50 bits per heavy atom. The van der Waals surface area contributed by atoms with Crippen molar-refractivity contribution >= 4 is 35.1 Å². The number of anilines is 2. The van der Waals surface area contributed by atoms with Crippen molar-refractivity contribution in [2.24, 2.45) is 5.92 Å². The molecule has 0 bridgehead atoms. The molecule has 0 aliphatic rings. The van der Waals surface area contributed by atoms with Crippen LogP contribution in [0.5, 0.6) is 0 Å². The van der Waals surface area contributed by atoms with Gasteiger partial charge in [0.2, 0.25) is 5.91 Å². The lowest BCUT2D eigenvalue weighted by molar-refractivity contribution is -0.118. The van der Waals surface area contributed by atoms with Crippen LogP contribution in [0.2, 0.25) is 0 Å². The summed E-state index contributed by atoms with van der Waals surface area (Å²) in [6.07, 6.45) is 1.61. The maximum Gasteiger partial charge on any atom is 0.256 e. The van der Waals surface area contributed by atoms with Gasteiger partial charge in [-0.2, -0.15) is 0 Å². The van der Waals surface area contributed by atoms with Crippen molar-refractivity contribution in [3.8, 4) is 0 Å². The smallest absolute Gasteiger partial charge is 0.256 e. The van der Waals surface area contributed by atoms with Crippen molar-refractivity contribution in [1.29, 1.82) is 0 Å². The first-order valence-corrected chi connectivity index (χ1v) is 9.91. The Balaban J connectivity index is 1.57. The van der Waals surface area contributed by atoms with E-state index in [-0.39, 0.29) is 17.7 Å². The lowest BCUT2D eigenvalue weighted by atomic mass is 10.1. The van der Waals surface area contributed by atoms with E-state index < -0.39 is 0 Å². The number of carbonyl (C=O) groups is 2. The Labute approximate surface area is 168 Å². The highest BCUT2D eigenvalue weighted by Gasteiger charge is 2.14. The summed E-state index contributed by atoms with van der Waals surface area (Å²) in [6, 6.07) is 22.2. The molecule has 0 saturated heterocycles. The first-order valence-electron chi connectivity index (χ1n) is 8.93. The Morgan fingerprint density at radius 2 is 1.75 bits per heavy atom. The van der Waals surface area contributed by atoms with Gasteiger partial charge in [0, 0.05) is 34.0 Å². The summed E-state index contributed by atoms with van der Waals surface area (Å²) in [4.78, 5) is 30.1. The molecule has 28 heavy (non-hydrogen) atoms. The predicted molar refractivity (Wildman–Crippen MR) is 114 cm³/mol. The largest absolute Gasteiger partial charge is 0.326 e. The number of benzene rings is 2. The Morgan fingerprint density at radius 1 is 0.964 bits per heavy atom. The summed E-state index contributed by atoms with van der Waals surface area (Å²) in [5.41, 5.74) is 1.05. The molecule has 1 atom stereocenters. The van der Waals surface area contributed by atoms with Crippen molar-refractivity contribution in [3.63, 3.8) is 0 Å². The number of hydrogen-bond acceptors (Lipinski definition) is 4. The predicted octanol–water partition coefficient (Wildman–Crippen LogP) is 4.70. The summed E-state index contributed by atoms with van der Waals surface area (Å²) in [5, 5.41) is 5.62. The molecule has 0 spiro atoms. The molecule has 1 aromatic heterocycles. The van der Waals surface area contributed by atoms with Gasteiger partial charge < -0.3 is 10.6 Å². The number of nitrogens with zero attached hydrogens (tertiary/aromatic N) is 1. The van der Waals surface area contributed by atoms with Gasteiger partial charge in [-0.1, -0.05) is 37.3 Å². The number of hydrogen-bond donors (Lipinski definition) is 2. The normalized spacial score (nSPS) is 11.5. The first-order chi connectivity index (χ1) is 13.6. The molecule has 1 heterocycles. The van der Waals surface area contributed by atoms with Crippen LogP contribution in [0.3, 0.4) is 0 Å². The summed E-state index contributed by atoms with van der Waals surface area (Å²) in [5.74, 6) is 0.633. The van der Waals surface area contributed by atoms with E-state index in [1.54, 1.807) is 60.4 Å². The maximum atomic E-state index is 12.5. The third kappa shape index (κ3) is 5.69. The second kappa shape index (κ2) is 9.71. The lowest BCUT2D eigenvalue weighted by Gasteiger charge is -2.13. The molecule has 0 fully saturated rings. The van der Waals surface area contributed by atoms with Gasteiger partial charge in [0.1, 0.15) is 5.82 Å². The molecule has 142 valence electrons. The minimum atomic E-state index is -0.275. The average molecular weight is 391 g/mol. The molecule has 2 amide bonds. The van der Waals surface area contributed by atoms with Crippen LogP contribution in [-0.4, -0.2) is 22.6 Å². The fraction of sp³-hybridized carbons (Fsp3) is 0.136. The average Bonchev–Trinajstić information content (AvgIpc) is 2.73. The van der Waals surface area contributed by atoms with E-state index in [4.69, 9.17) is 0 Å². The van der Waals surface area contributed by atoms with Crippen LogP contribution in [0.4, 0.5) is 11.5 Å². The lowest BCUT2D eigenvalue weighted by Crippen LogP contribution is -2.22. The summed E-state index contributed by atoms with van der Waals surface area (Å²) < 4.78 is 0. The molecular formula is C22H21N3O2S. The van der Waals surface area contributed by atoms with Gasteiger partial charge in [-0.25, -0.2) is 4.98 Å². The van der Waals surface area contributed by atoms with Crippen molar-refractivity contribution < 1.29 is 9.59 Å². The Kier molecular flexibility index (Phi) is 6.81. The fourth-order valence-electron chi connectivity index (χ4n) is 2.44. The van der Waals surface area contributed by atoms with Crippen LogP contribution in [0.15, 0.2) is 83.9 Å². The third-order valence-electron chi connectivity index (χ3n) is 3.99. The summed E-state index contributed by atoms with van der Waals surface area (Å²) in [6.45, 7) is 1.89. The van der Waals surface area contributed by atoms with Crippen LogP contribution in [0.25, 0.3) is 0 Å². The molecule has 1 unspecified atom stereocenters. The second-order valence-electron chi connectivity index (χ2n) is 6.26. The number of thioether (sulfide) groups is 1. The highest BCUT2D eigenvalue weighted by Crippen LogP contribution is 2.21. The number of nitrogens with one attached hydrogen (secondary N) is 2. The molecule has 2 aromatic carbocycles. The quantitative estimate of drug-likeness (QED) is 0.573. The molecule has 3 rings (SSSR count). The van der Waals surface area contributed by atoms with Gasteiger partial charge in [-0.3, -0.25) is 9.59 Å². The van der Waals surface area contributed by atoms with Crippen molar-refractivity contribution in [3.05, 3.63) is 84.6 Å². The zero-order chi connectivity index (χ0) is 19.8. The number of carbonyl (C=O) groups excluding carboxylic acids is 2. The summed E-state index contributed by atoms with van der Waals surface area (Å²) >= 11 is 1.64. The van der Waals surface area contributed by atoms with E-state index in [1.165, 1.54) is 0 Å². The second-order valence-corrected chi connectivity index (χ2v) is 7.36. The molecular weight excluding hydrogens is 370 g/mol. The topological polar surface area (TPSA) is 71.1 Å². The minimum absolute atomic E-state index is 0.0780. The van der Waals surface area contributed by atoms with E-state index in [9.17, 15) is 9.59 Å². The number of rotatable bonds is 7. The van der Waals surface area contributed by atoms with Crippen LogP contribution >= 0.6 is 11.8 Å².